The molecule has 1 aliphatic rings. The lowest BCUT2D eigenvalue weighted by molar-refractivity contribution is -0.0273. The molecule has 1 amide bonds. The van der Waals surface area contributed by atoms with Crippen LogP contribution in [0.4, 0.5) is 4.79 Å². The van der Waals surface area contributed by atoms with E-state index in [4.69, 9.17) is 4.74 Å². The molecular formula is C20H35NO3. The Labute approximate surface area is 147 Å². The summed E-state index contributed by atoms with van der Waals surface area (Å²) in [5.74, 6) is 0. The number of hydrogen-bond acceptors (Lipinski definition) is 3. The highest BCUT2D eigenvalue weighted by Gasteiger charge is 2.32. The van der Waals surface area contributed by atoms with Crippen LogP contribution in [0.15, 0.2) is 25.3 Å². The largest absolute Gasteiger partial charge is 0.449 e. The van der Waals surface area contributed by atoms with Crippen molar-refractivity contribution in [2.24, 2.45) is 0 Å². The van der Waals surface area contributed by atoms with Gasteiger partial charge in [-0.25, -0.2) is 4.79 Å². The summed E-state index contributed by atoms with van der Waals surface area (Å²) in [6, 6.07) is 0.132. The topological polar surface area (TPSA) is 49.8 Å². The number of carbonyl (C=O) groups is 1. The third-order valence-electron chi connectivity index (χ3n) is 4.65. The second-order valence-electron chi connectivity index (χ2n) is 6.65. The van der Waals surface area contributed by atoms with Crippen molar-refractivity contribution in [1.82, 2.24) is 4.90 Å². The molecule has 138 valence electrons. The van der Waals surface area contributed by atoms with Gasteiger partial charge in [0.05, 0.1) is 6.61 Å². The average molecular weight is 338 g/mol. The average Bonchev–Trinajstić information content (AvgIpc) is 3.09. The van der Waals surface area contributed by atoms with E-state index < -0.39 is 6.23 Å². The summed E-state index contributed by atoms with van der Waals surface area (Å²) >= 11 is 0. The van der Waals surface area contributed by atoms with E-state index >= 15 is 0 Å². The maximum atomic E-state index is 12.5. The number of rotatable bonds is 13. The molecule has 0 aromatic carbocycles. The Balaban J connectivity index is 2.40. The van der Waals surface area contributed by atoms with Gasteiger partial charge < -0.3 is 9.84 Å². The van der Waals surface area contributed by atoms with Crippen molar-refractivity contribution in [2.45, 2.75) is 89.3 Å². The normalized spacial score (nSPS) is 15.9. The lowest BCUT2D eigenvalue weighted by Gasteiger charge is -2.32. The summed E-state index contributed by atoms with van der Waals surface area (Å²) in [5.41, 5.74) is 0. The Hall–Kier alpha value is -1.29. The van der Waals surface area contributed by atoms with Gasteiger partial charge in [-0.1, -0.05) is 25.0 Å². The van der Waals surface area contributed by atoms with Gasteiger partial charge in [-0.15, -0.1) is 13.2 Å². The maximum absolute atomic E-state index is 12.5. The van der Waals surface area contributed by atoms with Crippen LogP contribution in [0.2, 0.25) is 0 Å². The minimum Gasteiger partial charge on any atom is -0.449 e. The zero-order valence-corrected chi connectivity index (χ0v) is 15.1. The zero-order valence-electron chi connectivity index (χ0n) is 15.1. The number of nitrogens with zero attached hydrogens (tertiary/aromatic N) is 1. The quantitative estimate of drug-likeness (QED) is 0.286. The minimum absolute atomic E-state index is 0.132. The molecule has 1 fully saturated rings. The molecule has 1 N–H and O–H groups in total. The SMILES string of the molecule is C=CCCCCCOC(=O)N(C(O)CCCCC=C)C1CCCC1. The molecule has 0 saturated heterocycles. The third-order valence-corrected chi connectivity index (χ3v) is 4.65. The Morgan fingerprint density at radius 1 is 1.08 bits per heavy atom. The first kappa shape index (κ1) is 20.8. The second-order valence-corrected chi connectivity index (χ2v) is 6.65. The minimum atomic E-state index is -0.730. The fourth-order valence-electron chi connectivity index (χ4n) is 3.25. The van der Waals surface area contributed by atoms with Crippen LogP contribution >= 0.6 is 0 Å². The van der Waals surface area contributed by atoms with Gasteiger partial charge >= 0.3 is 6.09 Å². The first-order chi connectivity index (χ1) is 11.7. The van der Waals surface area contributed by atoms with Crippen LogP contribution in [0, 0.1) is 0 Å². The number of aliphatic hydroxyl groups excluding tert-OH is 1. The molecule has 1 atom stereocenters. The molecular weight excluding hydrogens is 302 g/mol. The van der Waals surface area contributed by atoms with Gasteiger partial charge in [0.1, 0.15) is 6.23 Å². The van der Waals surface area contributed by atoms with E-state index in [1.54, 1.807) is 4.90 Å². The van der Waals surface area contributed by atoms with Gasteiger partial charge in [-0.2, -0.15) is 0 Å². The summed E-state index contributed by atoms with van der Waals surface area (Å²) in [6.07, 6.45) is 14.4. The number of unbranched alkanes of at least 4 members (excludes halogenated alkanes) is 5. The van der Waals surface area contributed by atoms with Crippen LogP contribution in [0.3, 0.4) is 0 Å². The van der Waals surface area contributed by atoms with Crippen molar-refractivity contribution in [2.75, 3.05) is 6.61 Å². The third kappa shape index (κ3) is 8.00. The van der Waals surface area contributed by atoms with Gasteiger partial charge in [0, 0.05) is 6.04 Å². The lowest BCUT2D eigenvalue weighted by Crippen LogP contribution is -2.46. The highest BCUT2D eigenvalue weighted by atomic mass is 16.6. The molecule has 0 aliphatic heterocycles. The highest BCUT2D eigenvalue weighted by Crippen LogP contribution is 2.26. The van der Waals surface area contributed by atoms with E-state index in [1.165, 1.54) is 0 Å². The van der Waals surface area contributed by atoms with Crippen LogP contribution in [-0.2, 0) is 4.74 Å². The van der Waals surface area contributed by atoms with E-state index in [-0.39, 0.29) is 12.1 Å². The second kappa shape index (κ2) is 13.1. The van der Waals surface area contributed by atoms with E-state index in [1.807, 2.05) is 12.2 Å². The molecule has 0 bridgehead atoms. The van der Waals surface area contributed by atoms with E-state index in [9.17, 15) is 9.90 Å². The number of allylic oxidation sites excluding steroid dienone is 2. The van der Waals surface area contributed by atoms with Gasteiger partial charge in [0.25, 0.3) is 0 Å². The highest BCUT2D eigenvalue weighted by molar-refractivity contribution is 5.68. The van der Waals surface area contributed by atoms with Gasteiger partial charge in [0.15, 0.2) is 0 Å². The lowest BCUT2D eigenvalue weighted by atomic mass is 10.1. The molecule has 4 nitrogen and oxygen atoms in total. The number of ether oxygens (including phenoxy) is 1. The first-order valence-electron chi connectivity index (χ1n) is 9.55. The Kier molecular flexibility index (Phi) is 11.3. The van der Waals surface area contributed by atoms with Gasteiger partial charge in [-0.05, 0) is 64.2 Å². The van der Waals surface area contributed by atoms with Gasteiger partial charge in [0.2, 0.25) is 0 Å². The monoisotopic (exact) mass is 337 g/mol. The number of amides is 1. The van der Waals surface area contributed by atoms with Crippen molar-refractivity contribution in [3.8, 4) is 0 Å². The van der Waals surface area contributed by atoms with Crippen LogP contribution in [0.1, 0.15) is 77.0 Å². The molecule has 4 heteroatoms. The molecule has 1 aliphatic carbocycles. The standard InChI is InChI=1S/C20H35NO3/c1-3-5-7-9-13-17-24-20(23)21(18-14-11-12-15-18)19(22)16-10-8-6-4-2/h3-4,18-19,22H,1-2,5-17H2. The summed E-state index contributed by atoms with van der Waals surface area (Å²) in [5, 5.41) is 10.5. The Morgan fingerprint density at radius 3 is 2.33 bits per heavy atom. The molecule has 24 heavy (non-hydrogen) atoms. The number of hydrogen-bond donors (Lipinski definition) is 1. The van der Waals surface area contributed by atoms with E-state index in [2.05, 4.69) is 13.2 Å². The molecule has 0 radical (unpaired) electrons. The number of carbonyl (C=O) groups excluding carboxylic acids is 1. The first-order valence-corrected chi connectivity index (χ1v) is 9.55. The molecule has 1 unspecified atom stereocenters. The van der Waals surface area contributed by atoms with Crippen molar-refractivity contribution < 1.29 is 14.6 Å². The molecule has 1 saturated carbocycles. The fourth-order valence-corrected chi connectivity index (χ4v) is 3.25. The molecule has 0 aromatic rings. The Bertz CT molecular complexity index is 364. The summed E-state index contributed by atoms with van der Waals surface area (Å²) in [6.45, 7) is 7.85. The van der Waals surface area contributed by atoms with E-state index in [0.717, 1.165) is 70.6 Å². The van der Waals surface area contributed by atoms with E-state index in [0.29, 0.717) is 13.0 Å². The molecule has 0 heterocycles. The van der Waals surface area contributed by atoms with Crippen LogP contribution in [0.5, 0.6) is 0 Å². The molecule has 0 spiro atoms. The Morgan fingerprint density at radius 2 is 1.71 bits per heavy atom. The van der Waals surface area contributed by atoms with Gasteiger partial charge in [-0.3, -0.25) is 4.90 Å². The smallest absolute Gasteiger partial charge is 0.412 e. The van der Waals surface area contributed by atoms with Crippen LogP contribution in [-0.4, -0.2) is 35.0 Å². The summed E-state index contributed by atoms with van der Waals surface area (Å²) < 4.78 is 5.43. The predicted molar refractivity (Wildman–Crippen MR) is 98.8 cm³/mol. The van der Waals surface area contributed by atoms with Crippen molar-refractivity contribution >= 4 is 6.09 Å². The predicted octanol–water partition coefficient (Wildman–Crippen LogP) is 5.18. The molecule has 1 rings (SSSR count). The molecule has 0 aromatic heterocycles. The van der Waals surface area contributed by atoms with Crippen molar-refractivity contribution in [3.05, 3.63) is 25.3 Å². The number of aliphatic hydroxyl groups is 1. The van der Waals surface area contributed by atoms with Crippen molar-refractivity contribution in [1.29, 1.82) is 0 Å². The fraction of sp³-hybridized carbons (Fsp3) is 0.750. The summed E-state index contributed by atoms with van der Waals surface area (Å²) in [7, 11) is 0. The van der Waals surface area contributed by atoms with Crippen LogP contribution < -0.4 is 0 Å². The van der Waals surface area contributed by atoms with Crippen molar-refractivity contribution in [3.63, 3.8) is 0 Å². The maximum Gasteiger partial charge on any atom is 0.412 e. The summed E-state index contributed by atoms with van der Waals surface area (Å²) in [4.78, 5) is 14.1. The zero-order chi connectivity index (χ0) is 17.6. The van der Waals surface area contributed by atoms with Crippen LogP contribution in [0.25, 0.3) is 0 Å².